The topological polar surface area (TPSA) is 78.5 Å². The van der Waals surface area contributed by atoms with E-state index < -0.39 is 17.8 Å². The fourth-order valence-corrected chi connectivity index (χ4v) is 1.75. The Kier molecular flexibility index (Phi) is 3.10. The zero-order chi connectivity index (χ0) is 12.4. The third-order valence-electron chi connectivity index (χ3n) is 2.12. The molecule has 0 atom stereocenters. The van der Waals surface area contributed by atoms with Crippen LogP contribution in [-0.4, -0.2) is 29.4 Å². The van der Waals surface area contributed by atoms with Gasteiger partial charge >= 0.3 is 6.03 Å². The van der Waals surface area contributed by atoms with Gasteiger partial charge < -0.3 is 0 Å². The Morgan fingerprint density at radius 2 is 2.18 bits per heavy atom. The number of nitrogens with one attached hydrogen (secondary N) is 2. The van der Waals surface area contributed by atoms with Crippen LogP contribution in [0.25, 0.3) is 0 Å². The number of hydrazine groups is 1. The van der Waals surface area contributed by atoms with Crippen LogP contribution in [0, 0.1) is 0 Å². The number of rotatable bonds is 2. The summed E-state index contributed by atoms with van der Waals surface area (Å²) in [5.74, 6) is -0.888. The fourth-order valence-electron chi connectivity index (χ4n) is 1.35. The number of urea groups is 1. The summed E-state index contributed by atoms with van der Waals surface area (Å²) in [4.78, 5) is 33.8. The summed E-state index contributed by atoms with van der Waals surface area (Å²) in [6, 6.07) is 6.08. The second-order valence-electron chi connectivity index (χ2n) is 3.39. The number of imide groups is 1. The molecule has 2 N–H and O–H groups in total. The minimum atomic E-state index is -0.627. The van der Waals surface area contributed by atoms with E-state index in [4.69, 9.17) is 0 Å². The van der Waals surface area contributed by atoms with Gasteiger partial charge in [0.1, 0.15) is 6.54 Å². The molecule has 1 aliphatic heterocycles. The molecule has 0 bridgehead atoms. The third kappa shape index (κ3) is 2.62. The highest BCUT2D eigenvalue weighted by Crippen LogP contribution is 2.11. The first-order chi connectivity index (χ1) is 8.06. The first-order valence-corrected chi connectivity index (χ1v) is 5.53. The van der Waals surface area contributed by atoms with Gasteiger partial charge in [-0.05, 0) is 18.2 Å². The third-order valence-corrected chi connectivity index (χ3v) is 2.61. The summed E-state index contributed by atoms with van der Waals surface area (Å²) in [6.07, 6.45) is 0. The monoisotopic (exact) mass is 297 g/mol. The zero-order valence-corrected chi connectivity index (χ0v) is 10.2. The Hall–Kier alpha value is -1.89. The minimum absolute atomic E-state index is 0.168. The number of nitrogens with zero attached hydrogens (tertiary/aromatic N) is 1. The largest absolute Gasteiger partial charge is 0.343 e. The highest BCUT2D eigenvalue weighted by atomic mass is 79.9. The fraction of sp³-hybridized carbons (Fsp3) is 0.100. The Balaban J connectivity index is 2.07. The molecule has 4 amide bonds. The first kappa shape index (κ1) is 11.6. The van der Waals surface area contributed by atoms with Gasteiger partial charge in [0.2, 0.25) is 5.91 Å². The number of carbonyl (C=O) groups excluding carboxylic acids is 3. The van der Waals surface area contributed by atoms with Crippen molar-refractivity contribution in [3.63, 3.8) is 0 Å². The van der Waals surface area contributed by atoms with Gasteiger partial charge in [0, 0.05) is 10.0 Å². The lowest BCUT2D eigenvalue weighted by atomic mass is 10.2. The van der Waals surface area contributed by atoms with Crippen LogP contribution in [0.2, 0.25) is 0 Å². The lowest BCUT2D eigenvalue weighted by molar-refractivity contribution is -0.118. The average molecular weight is 298 g/mol. The Labute approximate surface area is 105 Å². The van der Waals surface area contributed by atoms with Crippen LogP contribution >= 0.6 is 15.9 Å². The molecular weight excluding hydrogens is 290 g/mol. The summed E-state index contributed by atoms with van der Waals surface area (Å²) in [5, 5.41) is 3.00. The van der Waals surface area contributed by atoms with E-state index in [1.54, 1.807) is 24.3 Å². The van der Waals surface area contributed by atoms with Crippen molar-refractivity contribution >= 4 is 33.8 Å². The molecule has 0 radical (unpaired) electrons. The SMILES string of the molecule is O=C1CN(NC(=O)c2cccc(Br)c2)C(=O)N1. The van der Waals surface area contributed by atoms with Gasteiger partial charge in [0.05, 0.1) is 0 Å². The number of amides is 4. The van der Waals surface area contributed by atoms with Crippen molar-refractivity contribution < 1.29 is 14.4 Å². The van der Waals surface area contributed by atoms with Gasteiger partial charge in [-0.1, -0.05) is 22.0 Å². The Bertz CT molecular complexity index is 503. The molecule has 1 saturated heterocycles. The Morgan fingerprint density at radius 1 is 1.41 bits per heavy atom. The van der Waals surface area contributed by atoms with E-state index in [0.29, 0.717) is 5.56 Å². The molecule has 0 spiro atoms. The number of halogens is 1. The maximum Gasteiger partial charge on any atom is 0.343 e. The lowest BCUT2D eigenvalue weighted by Crippen LogP contribution is -2.44. The maximum absolute atomic E-state index is 11.7. The predicted octanol–water partition coefficient (Wildman–Crippen LogP) is 0.646. The molecule has 7 heteroatoms. The highest BCUT2D eigenvalue weighted by Gasteiger charge is 2.28. The molecule has 1 fully saturated rings. The van der Waals surface area contributed by atoms with Gasteiger partial charge in [0.25, 0.3) is 5.91 Å². The van der Waals surface area contributed by atoms with Crippen molar-refractivity contribution in [3.8, 4) is 0 Å². The van der Waals surface area contributed by atoms with Crippen LogP contribution < -0.4 is 10.7 Å². The minimum Gasteiger partial charge on any atom is -0.275 e. The van der Waals surface area contributed by atoms with E-state index >= 15 is 0 Å². The van der Waals surface area contributed by atoms with E-state index in [9.17, 15) is 14.4 Å². The summed E-state index contributed by atoms with van der Waals surface area (Å²) < 4.78 is 0.757. The van der Waals surface area contributed by atoms with Crippen molar-refractivity contribution in [1.29, 1.82) is 0 Å². The van der Waals surface area contributed by atoms with E-state index in [-0.39, 0.29) is 6.54 Å². The van der Waals surface area contributed by atoms with Crippen LogP contribution in [0.1, 0.15) is 10.4 Å². The number of hydrogen-bond donors (Lipinski definition) is 2. The molecule has 1 aliphatic rings. The van der Waals surface area contributed by atoms with Crippen molar-refractivity contribution in [2.24, 2.45) is 0 Å². The first-order valence-electron chi connectivity index (χ1n) is 4.74. The molecule has 0 unspecified atom stereocenters. The molecule has 0 saturated carbocycles. The standard InChI is InChI=1S/C10H8BrN3O3/c11-7-3-1-2-6(4-7)9(16)13-14-5-8(15)12-10(14)17/h1-4H,5H2,(H,13,16)(H,12,15,17). The zero-order valence-electron chi connectivity index (χ0n) is 8.57. The number of hydrogen-bond acceptors (Lipinski definition) is 3. The van der Waals surface area contributed by atoms with Crippen LogP contribution in [-0.2, 0) is 4.79 Å². The molecular formula is C10H8BrN3O3. The number of benzene rings is 1. The van der Waals surface area contributed by atoms with Crippen LogP contribution in [0.3, 0.4) is 0 Å². The van der Waals surface area contributed by atoms with Crippen molar-refractivity contribution in [2.45, 2.75) is 0 Å². The smallest absolute Gasteiger partial charge is 0.275 e. The molecule has 17 heavy (non-hydrogen) atoms. The van der Waals surface area contributed by atoms with Crippen LogP contribution in [0.4, 0.5) is 4.79 Å². The van der Waals surface area contributed by atoms with Crippen molar-refractivity contribution in [1.82, 2.24) is 15.8 Å². The molecule has 1 aromatic carbocycles. The van der Waals surface area contributed by atoms with Gasteiger partial charge in [-0.2, -0.15) is 0 Å². The number of carbonyl (C=O) groups is 3. The van der Waals surface area contributed by atoms with Gasteiger partial charge in [0.15, 0.2) is 0 Å². The second kappa shape index (κ2) is 4.54. The molecule has 1 heterocycles. The van der Waals surface area contributed by atoms with E-state index in [1.807, 2.05) is 0 Å². The Morgan fingerprint density at radius 3 is 2.76 bits per heavy atom. The molecule has 0 aliphatic carbocycles. The molecule has 0 aromatic heterocycles. The second-order valence-corrected chi connectivity index (χ2v) is 4.31. The molecule has 88 valence electrons. The van der Waals surface area contributed by atoms with Crippen LogP contribution in [0.15, 0.2) is 28.7 Å². The molecule has 2 rings (SSSR count). The predicted molar refractivity (Wildman–Crippen MR) is 61.9 cm³/mol. The lowest BCUT2D eigenvalue weighted by Gasteiger charge is -2.14. The van der Waals surface area contributed by atoms with E-state index in [1.165, 1.54) is 0 Å². The van der Waals surface area contributed by atoms with Gasteiger partial charge in [-0.3, -0.25) is 20.3 Å². The highest BCUT2D eigenvalue weighted by molar-refractivity contribution is 9.10. The van der Waals surface area contributed by atoms with Gasteiger partial charge in [-0.25, -0.2) is 9.80 Å². The summed E-state index contributed by atoms with van der Waals surface area (Å²) in [6.45, 7) is -0.168. The summed E-state index contributed by atoms with van der Waals surface area (Å²) >= 11 is 3.24. The van der Waals surface area contributed by atoms with Gasteiger partial charge in [-0.15, -0.1) is 0 Å². The molecule has 6 nitrogen and oxygen atoms in total. The van der Waals surface area contributed by atoms with Crippen LogP contribution in [0.5, 0.6) is 0 Å². The van der Waals surface area contributed by atoms with Crippen molar-refractivity contribution in [3.05, 3.63) is 34.3 Å². The molecule has 1 aromatic rings. The maximum atomic E-state index is 11.7. The van der Waals surface area contributed by atoms with E-state index in [0.717, 1.165) is 9.48 Å². The normalized spacial score (nSPS) is 14.8. The van der Waals surface area contributed by atoms with Crippen molar-refractivity contribution in [2.75, 3.05) is 6.54 Å². The summed E-state index contributed by atoms with van der Waals surface area (Å²) in [7, 11) is 0. The van der Waals surface area contributed by atoms with E-state index in [2.05, 4.69) is 26.7 Å². The average Bonchev–Trinajstić information content (AvgIpc) is 2.57. The quantitative estimate of drug-likeness (QED) is 0.787. The summed E-state index contributed by atoms with van der Waals surface area (Å²) in [5.41, 5.74) is 2.74.